The van der Waals surface area contributed by atoms with Crippen molar-refractivity contribution in [2.75, 3.05) is 0 Å². The molecule has 0 bridgehead atoms. The van der Waals surface area contributed by atoms with E-state index in [0.29, 0.717) is 5.15 Å². The number of hydrogen-bond donors (Lipinski definition) is 1. The van der Waals surface area contributed by atoms with Crippen LogP contribution in [0, 0.1) is 0 Å². The van der Waals surface area contributed by atoms with Crippen molar-refractivity contribution in [3.05, 3.63) is 51.7 Å². The second kappa shape index (κ2) is 12.5. The summed E-state index contributed by atoms with van der Waals surface area (Å²) in [5, 5.41) is -2.72. The predicted molar refractivity (Wildman–Crippen MR) is 123 cm³/mol. The van der Waals surface area contributed by atoms with Crippen molar-refractivity contribution >= 4 is 60.4 Å². The zero-order valence-corrected chi connectivity index (χ0v) is 21.3. The number of halogens is 4. The molecule has 0 atom stereocenters. The SMILES string of the molecule is CC(C)(C)c1cc(=O)[nH]cn1.CC(C)(C)c1cc(Cl)ncn1.O=P(Cl)(Cl)Cl.[PH-2]. The fourth-order valence-corrected chi connectivity index (χ4v) is 1.67. The van der Waals surface area contributed by atoms with Gasteiger partial charge in [-0.05, 0) is 39.8 Å². The maximum Gasteiger partial charge on any atom is 0.339 e. The smallest absolute Gasteiger partial charge is 0.339 e. The molecular formula is C16H24Cl4N4O2P2-2. The summed E-state index contributed by atoms with van der Waals surface area (Å²) in [5.41, 5.74) is 1.70. The highest BCUT2D eigenvalue weighted by atomic mass is 36.0. The maximum atomic E-state index is 10.8. The summed E-state index contributed by atoms with van der Waals surface area (Å²) in [6.07, 6.45) is 2.92. The molecule has 2 aromatic heterocycles. The number of aromatic nitrogens is 4. The number of nitrogens with zero attached hydrogens (tertiary/aromatic N) is 3. The van der Waals surface area contributed by atoms with Crippen LogP contribution in [0.1, 0.15) is 52.9 Å². The molecule has 0 aliphatic rings. The lowest BCUT2D eigenvalue weighted by Crippen LogP contribution is -2.18. The number of aromatic amines is 1. The maximum absolute atomic E-state index is 10.8. The van der Waals surface area contributed by atoms with Crippen molar-refractivity contribution in [3.63, 3.8) is 0 Å². The van der Waals surface area contributed by atoms with E-state index in [0.717, 1.165) is 11.4 Å². The minimum Gasteiger partial charge on any atom is -1.51 e. The third kappa shape index (κ3) is 15.7. The van der Waals surface area contributed by atoms with Crippen LogP contribution in [-0.4, -0.2) is 19.9 Å². The van der Waals surface area contributed by atoms with Gasteiger partial charge in [-0.2, -0.15) is 0 Å². The summed E-state index contributed by atoms with van der Waals surface area (Å²) in [7, 11) is 0. The minimum atomic E-state index is -3.22. The van der Waals surface area contributed by atoms with Gasteiger partial charge in [0.25, 0.3) is 5.56 Å². The second-order valence-electron chi connectivity index (χ2n) is 7.42. The highest BCUT2D eigenvalue weighted by Gasteiger charge is 2.15. The summed E-state index contributed by atoms with van der Waals surface area (Å²) in [6.45, 7) is 12.3. The molecule has 0 aromatic carbocycles. The molecule has 0 saturated heterocycles. The fraction of sp³-hybridized carbons (Fsp3) is 0.500. The van der Waals surface area contributed by atoms with Crippen LogP contribution in [0.2, 0.25) is 5.15 Å². The Labute approximate surface area is 188 Å². The van der Waals surface area contributed by atoms with Crippen molar-refractivity contribution in [3.8, 4) is 0 Å². The van der Waals surface area contributed by atoms with Crippen molar-refractivity contribution in [2.45, 2.75) is 52.4 Å². The molecule has 0 aliphatic heterocycles. The van der Waals surface area contributed by atoms with Crippen LogP contribution in [-0.2, 0) is 15.4 Å². The van der Waals surface area contributed by atoms with Crippen LogP contribution in [0.5, 0.6) is 0 Å². The molecule has 0 aliphatic carbocycles. The first-order valence-corrected chi connectivity index (χ1v) is 12.5. The Morgan fingerprint density at radius 1 is 0.893 bits per heavy atom. The Bertz CT molecular complexity index is 822. The molecule has 0 amide bonds. The van der Waals surface area contributed by atoms with Crippen molar-refractivity contribution in [1.82, 2.24) is 19.9 Å². The van der Waals surface area contributed by atoms with E-state index >= 15 is 0 Å². The first kappa shape index (κ1) is 30.0. The van der Waals surface area contributed by atoms with Gasteiger partial charge in [0.15, 0.2) is 0 Å². The van der Waals surface area contributed by atoms with E-state index < -0.39 is 5.20 Å². The molecule has 6 nitrogen and oxygen atoms in total. The summed E-state index contributed by atoms with van der Waals surface area (Å²) >= 11 is 19.5. The van der Waals surface area contributed by atoms with Crippen LogP contribution in [0.3, 0.4) is 0 Å². The lowest BCUT2D eigenvalue weighted by atomic mass is 9.92. The molecule has 28 heavy (non-hydrogen) atoms. The first-order chi connectivity index (χ1) is 12.0. The molecule has 2 rings (SSSR count). The van der Waals surface area contributed by atoms with Gasteiger partial charge in [0.2, 0.25) is 0 Å². The van der Waals surface area contributed by atoms with Crippen molar-refractivity contribution < 1.29 is 4.57 Å². The predicted octanol–water partition coefficient (Wildman–Crippen LogP) is 6.90. The van der Waals surface area contributed by atoms with Crippen LogP contribution < -0.4 is 5.56 Å². The first-order valence-electron chi connectivity index (χ1n) is 7.72. The molecule has 2 aromatic rings. The Balaban J connectivity index is 0. The monoisotopic (exact) mass is 506 g/mol. The molecule has 1 N–H and O–H groups in total. The van der Waals surface area contributed by atoms with E-state index in [-0.39, 0.29) is 26.3 Å². The number of hydrogen-bond acceptors (Lipinski definition) is 5. The molecule has 0 radical (unpaired) electrons. The lowest BCUT2D eigenvalue weighted by molar-refractivity contribution is 0.565. The van der Waals surface area contributed by atoms with Gasteiger partial charge < -0.3 is 14.9 Å². The average Bonchev–Trinajstić information content (AvgIpc) is 2.44. The topological polar surface area (TPSA) is 88.6 Å². The van der Waals surface area contributed by atoms with Gasteiger partial charge >= 0.3 is 5.20 Å². The fourth-order valence-electron chi connectivity index (χ4n) is 1.52. The van der Waals surface area contributed by atoms with E-state index in [9.17, 15) is 9.36 Å². The van der Waals surface area contributed by atoms with E-state index in [1.165, 1.54) is 18.7 Å². The van der Waals surface area contributed by atoms with Crippen molar-refractivity contribution in [1.29, 1.82) is 0 Å². The normalized spacial score (nSPS) is 11.2. The number of rotatable bonds is 0. The van der Waals surface area contributed by atoms with Gasteiger partial charge in [0.05, 0.1) is 17.7 Å². The highest BCUT2D eigenvalue weighted by Crippen LogP contribution is 2.61. The molecule has 160 valence electrons. The van der Waals surface area contributed by atoms with Crippen LogP contribution in [0.4, 0.5) is 0 Å². The second-order valence-corrected chi connectivity index (χ2v) is 14.4. The third-order valence-corrected chi connectivity index (χ3v) is 3.06. The Hall–Kier alpha value is -0.220. The van der Waals surface area contributed by atoms with Gasteiger partial charge in [-0.25, -0.2) is 15.0 Å². The molecular weight excluding hydrogens is 484 g/mol. The van der Waals surface area contributed by atoms with Crippen molar-refractivity contribution in [2.24, 2.45) is 0 Å². The number of nitrogens with one attached hydrogen (secondary N) is 1. The Morgan fingerprint density at radius 3 is 1.61 bits per heavy atom. The third-order valence-electron chi connectivity index (χ3n) is 2.85. The summed E-state index contributed by atoms with van der Waals surface area (Å²) in [6, 6.07) is 3.32. The summed E-state index contributed by atoms with van der Waals surface area (Å²) in [5.74, 6) is 0. The van der Waals surface area contributed by atoms with Crippen LogP contribution >= 0.6 is 60.4 Å². The zero-order valence-electron chi connectivity index (χ0n) is 16.4. The highest BCUT2D eigenvalue weighted by molar-refractivity contribution is 8.24. The standard InChI is InChI=1S/C8H11ClN2.C8H12N2O.Cl3OP.HP/c1-8(2,3)6-4-7(9)11-5-10-6;1-8(2,3)6-4-7(11)10-5-9-6;1-5(2,3)4;/h4-5H,1-3H3;4-5H,1-3H3,(H,9,10,11);;1H/q;;;-2. The minimum absolute atomic E-state index is 0. The average molecular weight is 508 g/mol. The van der Waals surface area contributed by atoms with Crippen LogP contribution in [0.25, 0.3) is 0 Å². The molecule has 0 saturated carbocycles. The van der Waals surface area contributed by atoms with E-state index in [2.05, 4.69) is 74.4 Å². The van der Waals surface area contributed by atoms with Gasteiger partial charge in [-0.3, -0.25) is 9.36 Å². The Morgan fingerprint density at radius 2 is 1.32 bits per heavy atom. The van der Waals surface area contributed by atoms with E-state index in [1.807, 2.05) is 20.8 Å². The number of H-pyrrole nitrogens is 1. The quantitative estimate of drug-likeness (QED) is 0.309. The largest absolute Gasteiger partial charge is 1.51 e. The molecule has 2 heterocycles. The van der Waals surface area contributed by atoms with E-state index in [1.54, 1.807) is 6.07 Å². The molecule has 0 spiro atoms. The van der Waals surface area contributed by atoms with Gasteiger partial charge in [0, 0.05) is 16.9 Å². The summed E-state index contributed by atoms with van der Waals surface area (Å²) < 4.78 is 9.51. The van der Waals surface area contributed by atoms with Gasteiger partial charge in [-0.15, -0.1) is 0 Å². The Kier molecular flexibility index (Phi) is 13.4. The lowest BCUT2D eigenvalue weighted by Gasteiger charge is -2.16. The zero-order chi connectivity index (χ0) is 21.5. The van der Waals surface area contributed by atoms with Crippen LogP contribution in [0.15, 0.2) is 29.6 Å². The molecule has 12 heteroatoms. The van der Waals surface area contributed by atoms with Gasteiger partial charge in [-0.1, -0.05) is 53.1 Å². The van der Waals surface area contributed by atoms with Gasteiger partial charge in [0.1, 0.15) is 11.5 Å². The molecule has 0 fully saturated rings. The summed E-state index contributed by atoms with van der Waals surface area (Å²) in [4.78, 5) is 25.3. The van der Waals surface area contributed by atoms with E-state index in [4.69, 9.17) is 11.6 Å². The molecule has 0 unspecified atom stereocenters.